The molecule has 4 atom stereocenters. The van der Waals surface area contributed by atoms with Crippen molar-refractivity contribution in [2.24, 2.45) is 11.8 Å². The minimum atomic E-state index is -0.717. The van der Waals surface area contributed by atoms with E-state index in [2.05, 4.69) is 0 Å². The molecule has 2 rings (SSSR count). The Labute approximate surface area is 90.1 Å². The third-order valence-corrected chi connectivity index (χ3v) is 3.58. The number of carboxylic acid groups (broad SMARTS) is 1. The van der Waals surface area contributed by atoms with Crippen molar-refractivity contribution in [3.63, 3.8) is 0 Å². The zero-order valence-corrected chi connectivity index (χ0v) is 9.06. The van der Waals surface area contributed by atoms with Crippen LogP contribution in [0, 0.1) is 11.8 Å². The summed E-state index contributed by atoms with van der Waals surface area (Å²) in [6.07, 6.45) is 8.07. The second-order valence-corrected chi connectivity index (χ2v) is 4.55. The van der Waals surface area contributed by atoms with Crippen LogP contribution in [0.3, 0.4) is 0 Å². The maximum absolute atomic E-state index is 11.2. The summed E-state index contributed by atoms with van der Waals surface area (Å²) in [6, 6.07) is 0. The molecule has 0 aromatic carbocycles. The number of allylic oxidation sites excluding steroid dienone is 2. The Bertz CT molecular complexity index is 272. The van der Waals surface area contributed by atoms with E-state index in [1.165, 1.54) is 0 Å². The molecule has 1 heterocycles. The molecule has 84 valence electrons. The topological polar surface area (TPSA) is 46.5 Å². The van der Waals surface area contributed by atoms with Gasteiger partial charge in [0.15, 0.2) is 0 Å². The van der Waals surface area contributed by atoms with Crippen LogP contribution < -0.4 is 0 Å². The van der Waals surface area contributed by atoms with E-state index in [1.54, 1.807) is 0 Å². The molecule has 2 fully saturated rings. The number of hydrogen-bond donors (Lipinski definition) is 1. The summed E-state index contributed by atoms with van der Waals surface area (Å²) in [5.74, 6) is -0.580. The predicted octanol–water partition coefficient (Wildman–Crippen LogP) is 2.22. The Morgan fingerprint density at radius 3 is 2.87 bits per heavy atom. The first kappa shape index (κ1) is 10.7. The van der Waals surface area contributed by atoms with Gasteiger partial charge in [0.2, 0.25) is 0 Å². The van der Waals surface area contributed by atoms with Crippen molar-refractivity contribution in [1.82, 2.24) is 0 Å². The van der Waals surface area contributed by atoms with Crippen LogP contribution in [0.4, 0.5) is 0 Å². The Morgan fingerprint density at radius 2 is 2.40 bits per heavy atom. The number of ether oxygens (including phenoxy) is 1. The Hall–Kier alpha value is -0.830. The minimum Gasteiger partial charge on any atom is -0.481 e. The summed E-state index contributed by atoms with van der Waals surface area (Å²) in [6.45, 7) is 1.92. The molecular formula is C12H18O3. The van der Waals surface area contributed by atoms with Crippen LogP contribution in [-0.4, -0.2) is 23.3 Å². The number of fused-ring (bicyclic) bond motifs is 2. The number of carbonyl (C=O) groups is 1. The molecule has 3 nitrogen and oxygen atoms in total. The highest BCUT2D eigenvalue weighted by atomic mass is 16.5. The molecule has 2 bridgehead atoms. The van der Waals surface area contributed by atoms with Crippen molar-refractivity contribution in [3.8, 4) is 0 Å². The summed E-state index contributed by atoms with van der Waals surface area (Å²) in [7, 11) is 0. The Morgan fingerprint density at radius 1 is 1.60 bits per heavy atom. The minimum absolute atomic E-state index is 0.0440. The van der Waals surface area contributed by atoms with E-state index in [4.69, 9.17) is 4.74 Å². The standard InChI is InChI=1S/C12H18O3/c1-2-3-4-10(12(13)14)11-8-5-6-9(7-8)15-11/h2-3,8-11H,4-7H2,1H3,(H,13,14). The monoisotopic (exact) mass is 210 g/mol. The van der Waals surface area contributed by atoms with Crippen LogP contribution >= 0.6 is 0 Å². The van der Waals surface area contributed by atoms with Gasteiger partial charge >= 0.3 is 5.97 Å². The van der Waals surface area contributed by atoms with Crippen molar-refractivity contribution in [3.05, 3.63) is 12.2 Å². The third kappa shape index (κ3) is 2.07. The van der Waals surface area contributed by atoms with E-state index in [0.717, 1.165) is 19.3 Å². The van der Waals surface area contributed by atoms with Gasteiger partial charge in [-0.3, -0.25) is 4.79 Å². The highest BCUT2D eigenvalue weighted by molar-refractivity contribution is 5.71. The largest absolute Gasteiger partial charge is 0.481 e. The maximum Gasteiger partial charge on any atom is 0.309 e. The molecule has 0 aromatic heterocycles. The van der Waals surface area contributed by atoms with Gasteiger partial charge in [-0.05, 0) is 38.5 Å². The highest BCUT2D eigenvalue weighted by Gasteiger charge is 2.46. The zero-order valence-electron chi connectivity index (χ0n) is 9.06. The third-order valence-electron chi connectivity index (χ3n) is 3.58. The fourth-order valence-corrected chi connectivity index (χ4v) is 2.81. The van der Waals surface area contributed by atoms with Gasteiger partial charge in [0, 0.05) is 0 Å². The molecule has 3 heteroatoms. The van der Waals surface area contributed by atoms with Crippen LogP contribution in [0.15, 0.2) is 12.2 Å². The van der Waals surface area contributed by atoms with Crippen molar-refractivity contribution in [1.29, 1.82) is 0 Å². The van der Waals surface area contributed by atoms with Gasteiger partial charge < -0.3 is 9.84 Å². The summed E-state index contributed by atoms with van der Waals surface area (Å²) in [5.41, 5.74) is 0. The molecule has 1 aliphatic carbocycles. The molecule has 0 aromatic rings. The molecule has 0 radical (unpaired) electrons. The number of carboxylic acids is 1. The SMILES string of the molecule is CC=CCC(C(=O)O)C1OC2CCC1C2. The molecule has 15 heavy (non-hydrogen) atoms. The fraction of sp³-hybridized carbons (Fsp3) is 0.750. The van der Waals surface area contributed by atoms with Crippen LogP contribution in [0.1, 0.15) is 32.6 Å². The quantitative estimate of drug-likeness (QED) is 0.724. The summed E-state index contributed by atoms with van der Waals surface area (Å²) < 4.78 is 5.77. The van der Waals surface area contributed by atoms with Gasteiger partial charge in [0.25, 0.3) is 0 Å². The summed E-state index contributed by atoms with van der Waals surface area (Å²) >= 11 is 0. The van der Waals surface area contributed by atoms with Gasteiger partial charge in [-0.1, -0.05) is 12.2 Å². The molecule has 1 N–H and O–H groups in total. The average molecular weight is 210 g/mol. The molecule has 0 amide bonds. The van der Waals surface area contributed by atoms with Crippen molar-refractivity contribution in [2.45, 2.75) is 44.8 Å². The molecule has 0 spiro atoms. The van der Waals surface area contributed by atoms with Crippen molar-refractivity contribution >= 4 is 5.97 Å². The van der Waals surface area contributed by atoms with Crippen LogP contribution in [-0.2, 0) is 9.53 Å². The summed E-state index contributed by atoms with van der Waals surface area (Å²) in [4.78, 5) is 11.2. The van der Waals surface area contributed by atoms with E-state index >= 15 is 0 Å². The van der Waals surface area contributed by atoms with Crippen LogP contribution in [0.25, 0.3) is 0 Å². The first-order valence-corrected chi connectivity index (χ1v) is 5.71. The zero-order chi connectivity index (χ0) is 10.8. The number of aliphatic carboxylic acids is 1. The molecule has 4 unspecified atom stereocenters. The highest BCUT2D eigenvalue weighted by Crippen LogP contribution is 2.43. The first-order chi connectivity index (χ1) is 7.22. The number of rotatable bonds is 4. The van der Waals surface area contributed by atoms with E-state index in [9.17, 15) is 9.90 Å². The molecule has 1 saturated heterocycles. The Kier molecular flexibility index (Phi) is 3.10. The second-order valence-electron chi connectivity index (χ2n) is 4.55. The summed E-state index contributed by atoms with van der Waals surface area (Å²) in [5, 5.41) is 9.17. The lowest BCUT2D eigenvalue weighted by atomic mass is 9.88. The van der Waals surface area contributed by atoms with E-state index in [1.807, 2.05) is 19.1 Å². The van der Waals surface area contributed by atoms with Gasteiger partial charge in [0.1, 0.15) is 0 Å². The van der Waals surface area contributed by atoms with Gasteiger partial charge in [-0.15, -0.1) is 0 Å². The lowest BCUT2D eigenvalue weighted by molar-refractivity contribution is -0.149. The van der Waals surface area contributed by atoms with Crippen molar-refractivity contribution < 1.29 is 14.6 Å². The molecular weight excluding hydrogens is 192 g/mol. The number of hydrogen-bond acceptors (Lipinski definition) is 2. The van der Waals surface area contributed by atoms with Gasteiger partial charge in [0.05, 0.1) is 18.1 Å². The second kappa shape index (κ2) is 4.35. The molecule has 1 saturated carbocycles. The van der Waals surface area contributed by atoms with Crippen molar-refractivity contribution in [2.75, 3.05) is 0 Å². The van der Waals surface area contributed by atoms with E-state index in [0.29, 0.717) is 18.4 Å². The fourth-order valence-electron chi connectivity index (χ4n) is 2.81. The predicted molar refractivity (Wildman–Crippen MR) is 56.6 cm³/mol. The van der Waals surface area contributed by atoms with Crippen LogP contribution in [0.5, 0.6) is 0 Å². The lowest BCUT2D eigenvalue weighted by Gasteiger charge is -2.27. The van der Waals surface area contributed by atoms with Crippen LogP contribution in [0.2, 0.25) is 0 Å². The smallest absolute Gasteiger partial charge is 0.309 e. The lowest BCUT2D eigenvalue weighted by Crippen LogP contribution is -2.34. The molecule has 2 aliphatic rings. The maximum atomic E-state index is 11.2. The van der Waals surface area contributed by atoms with E-state index < -0.39 is 5.97 Å². The first-order valence-electron chi connectivity index (χ1n) is 5.71. The van der Waals surface area contributed by atoms with Gasteiger partial charge in [-0.2, -0.15) is 0 Å². The Balaban J connectivity index is 2.02. The van der Waals surface area contributed by atoms with Gasteiger partial charge in [-0.25, -0.2) is 0 Å². The molecule has 1 aliphatic heterocycles. The van der Waals surface area contributed by atoms with E-state index in [-0.39, 0.29) is 12.0 Å². The normalized spacial score (nSPS) is 36.2. The average Bonchev–Trinajstić information content (AvgIpc) is 2.79.